The van der Waals surface area contributed by atoms with E-state index in [0.29, 0.717) is 0 Å². The van der Waals surface area contributed by atoms with Crippen molar-refractivity contribution in [1.29, 1.82) is 0 Å². The van der Waals surface area contributed by atoms with Crippen LogP contribution in [0.15, 0.2) is 11.6 Å². The Bertz CT molecular complexity index is 432. The summed E-state index contributed by atoms with van der Waals surface area (Å²) in [6.07, 6.45) is 1.33. The third-order valence-corrected chi connectivity index (χ3v) is 8.71. The minimum atomic E-state index is -1.97. The minimum absolute atomic E-state index is 0.0658. The number of ketones is 1. The van der Waals surface area contributed by atoms with Crippen molar-refractivity contribution in [2.75, 3.05) is 6.61 Å². The van der Waals surface area contributed by atoms with Gasteiger partial charge >= 0.3 is 5.97 Å². The first kappa shape index (κ1) is 17.1. The number of hydrogen-bond acceptors (Lipinski definition) is 4. The van der Waals surface area contributed by atoms with Gasteiger partial charge in [0.05, 0.1) is 12.7 Å². The van der Waals surface area contributed by atoms with E-state index in [0.717, 1.165) is 0 Å². The lowest BCUT2D eigenvalue weighted by Crippen LogP contribution is -2.44. The van der Waals surface area contributed by atoms with Gasteiger partial charge in [-0.2, -0.15) is 0 Å². The maximum absolute atomic E-state index is 12.1. The predicted octanol–water partition coefficient (Wildman–Crippen LogP) is 3.09. The van der Waals surface area contributed by atoms with Crippen molar-refractivity contribution < 1.29 is 18.8 Å². The number of ether oxygens (including phenoxy) is 1. The zero-order valence-corrected chi connectivity index (χ0v) is 14.6. The van der Waals surface area contributed by atoms with E-state index >= 15 is 0 Å². The van der Waals surface area contributed by atoms with Crippen LogP contribution in [0.25, 0.3) is 0 Å². The summed E-state index contributed by atoms with van der Waals surface area (Å²) < 4.78 is 11.2. The highest BCUT2D eigenvalue weighted by molar-refractivity contribution is 6.74. The van der Waals surface area contributed by atoms with Crippen LogP contribution in [0, 0.1) is 5.92 Å². The van der Waals surface area contributed by atoms with Crippen molar-refractivity contribution in [3.8, 4) is 0 Å². The summed E-state index contributed by atoms with van der Waals surface area (Å²) in [4.78, 5) is 23.9. The van der Waals surface area contributed by atoms with E-state index in [9.17, 15) is 9.59 Å². The molecule has 4 nitrogen and oxygen atoms in total. The van der Waals surface area contributed by atoms with Gasteiger partial charge in [0.25, 0.3) is 0 Å². The average Bonchev–Trinajstić information content (AvgIpc) is 2.56. The molecule has 20 heavy (non-hydrogen) atoms. The van der Waals surface area contributed by atoms with Crippen molar-refractivity contribution in [2.45, 2.75) is 58.9 Å². The van der Waals surface area contributed by atoms with Gasteiger partial charge in [0.2, 0.25) is 0 Å². The molecule has 114 valence electrons. The molecule has 0 spiro atoms. The molecule has 0 aromatic heterocycles. The summed E-state index contributed by atoms with van der Waals surface area (Å²) in [7, 11) is -1.97. The molecule has 0 bridgehead atoms. The first-order chi connectivity index (χ1) is 9.01. The van der Waals surface area contributed by atoms with Crippen LogP contribution in [0.3, 0.4) is 0 Å². The maximum Gasteiger partial charge on any atom is 0.341 e. The molecule has 1 aliphatic carbocycles. The molecule has 0 fully saturated rings. The summed E-state index contributed by atoms with van der Waals surface area (Å²) in [5, 5.41) is 0.0658. The van der Waals surface area contributed by atoms with Crippen molar-refractivity contribution in [2.24, 2.45) is 5.92 Å². The van der Waals surface area contributed by atoms with Gasteiger partial charge < -0.3 is 9.16 Å². The number of carbonyl (C=O) groups is 2. The van der Waals surface area contributed by atoms with Crippen molar-refractivity contribution >= 4 is 20.1 Å². The van der Waals surface area contributed by atoms with E-state index in [4.69, 9.17) is 9.16 Å². The van der Waals surface area contributed by atoms with E-state index < -0.39 is 14.3 Å². The predicted molar refractivity (Wildman–Crippen MR) is 81.0 cm³/mol. The second kappa shape index (κ2) is 5.82. The summed E-state index contributed by atoms with van der Waals surface area (Å²) in [6.45, 7) is 14.5. The zero-order valence-electron chi connectivity index (χ0n) is 13.6. The van der Waals surface area contributed by atoms with Crippen LogP contribution in [0.2, 0.25) is 18.1 Å². The molecule has 0 amide bonds. The third-order valence-electron chi connectivity index (χ3n) is 4.23. The molecule has 0 aromatic carbocycles. The van der Waals surface area contributed by atoms with Gasteiger partial charge in [0, 0.05) is 5.92 Å². The topological polar surface area (TPSA) is 52.6 Å². The lowest BCUT2D eigenvalue weighted by molar-refractivity contribution is -0.140. The number of esters is 1. The smallest absolute Gasteiger partial charge is 0.341 e. The molecular formula is C15H26O4Si. The fraction of sp³-hybridized carbons (Fsp3) is 0.733. The Labute approximate surface area is 122 Å². The standard InChI is InChI=1S/C15H26O4Si/c1-8-18-14(17)11-9-12(10(2)13(11)16)19-20(6,7)15(3,4)5/h9-10,12H,8H2,1-7H3/t10-,12+/m0/s1. The average molecular weight is 298 g/mol. The Kier molecular flexibility index (Phi) is 4.97. The molecule has 2 atom stereocenters. The second-order valence-corrected chi connectivity index (χ2v) is 11.6. The Morgan fingerprint density at radius 1 is 1.35 bits per heavy atom. The van der Waals surface area contributed by atoms with E-state index in [-0.39, 0.29) is 35.0 Å². The highest BCUT2D eigenvalue weighted by atomic mass is 28.4. The molecule has 0 saturated heterocycles. The second-order valence-electron chi connectivity index (χ2n) is 6.80. The monoisotopic (exact) mass is 298 g/mol. The van der Waals surface area contributed by atoms with Gasteiger partial charge in [-0.05, 0) is 31.1 Å². The summed E-state index contributed by atoms with van der Waals surface area (Å²) in [5.74, 6) is -1.03. The minimum Gasteiger partial charge on any atom is -0.462 e. The Balaban J connectivity index is 2.92. The van der Waals surface area contributed by atoms with Crippen LogP contribution < -0.4 is 0 Å². The lowest BCUT2D eigenvalue weighted by atomic mass is 10.1. The molecule has 0 saturated carbocycles. The quantitative estimate of drug-likeness (QED) is 0.455. The first-order valence-corrected chi connectivity index (χ1v) is 10.0. The molecular weight excluding hydrogens is 272 g/mol. The van der Waals surface area contributed by atoms with Crippen LogP contribution in [-0.2, 0) is 18.8 Å². The van der Waals surface area contributed by atoms with Crippen molar-refractivity contribution in [3.63, 3.8) is 0 Å². The van der Waals surface area contributed by atoms with Crippen LogP contribution in [0.1, 0.15) is 34.6 Å². The number of Topliss-reactive ketones (excluding diaryl/α,β-unsaturated/α-hetero) is 1. The van der Waals surface area contributed by atoms with Crippen molar-refractivity contribution in [1.82, 2.24) is 0 Å². The fourth-order valence-electron chi connectivity index (χ4n) is 1.82. The lowest BCUT2D eigenvalue weighted by Gasteiger charge is -2.38. The molecule has 0 N–H and O–H groups in total. The van der Waals surface area contributed by atoms with Gasteiger partial charge in [-0.15, -0.1) is 0 Å². The zero-order chi connectivity index (χ0) is 15.7. The molecule has 1 rings (SSSR count). The molecule has 0 radical (unpaired) electrons. The van der Waals surface area contributed by atoms with Crippen LogP contribution in [-0.4, -0.2) is 32.8 Å². The molecule has 5 heteroatoms. The molecule has 1 aliphatic rings. The van der Waals surface area contributed by atoms with Gasteiger partial charge in [-0.25, -0.2) is 4.79 Å². The van der Waals surface area contributed by atoms with Crippen LogP contribution in [0.5, 0.6) is 0 Å². The van der Waals surface area contributed by atoms with Crippen LogP contribution in [0.4, 0.5) is 0 Å². The van der Waals surface area contributed by atoms with Gasteiger partial charge in [-0.1, -0.05) is 27.7 Å². The van der Waals surface area contributed by atoms with E-state index in [1.54, 1.807) is 13.0 Å². The van der Waals surface area contributed by atoms with Gasteiger partial charge in [-0.3, -0.25) is 4.79 Å². The highest BCUT2D eigenvalue weighted by Gasteiger charge is 2.44. The van der Waals surface area contributed by atoms with Crippen molar-refractivity contribution in [3.05, 3.63) is 11.6 Å². The maximum atomic E-state index is 12.1. The number of carbonyl (C=O) groups excluding carboxylic acids is 2. The van der Waals surface area contributed by atoms with E-state index in [2.05, 4.69) is 33.9 Å². The highest BCUT2D eigenvalue weighted by Crippen LogP contribution is 2.39. The SMILES string of the molecule is CCOC(=O)C1=C[C@@H](O[Si](C)(C)C(C)(C)C)[C@H](C)C1=O. The van der Waals surface area contributed by atoms with E-state index in [1.165, 1.54) is 0 Å². The molecule has 0 heterocycles. The number of hydrogen-bond donors (Lipinski definition) is 0. The summed E-state index contributed by atoms with van der Waals surface area (Å²) in [5.41, 5.74) is 0.142. The van der Waals surface area contributed by atoms with Gasteiger partial charge in [0.1, 0.15) is 5.57 Å². The molecule has 0 aliphatic heterocycles. The Morgan fingerprint density at radius 2 is 1.90 bits per heavy atom. The normalized spacial score (nSPS) is 23.8. The third kappa shape index (κ3) is 3.38. The first-order valence-electron chi connectivity index (χ1n) is 7.12. The fourth-order valence-corrected chi connectivity index (χ4v) is 3.12. The van der Waals surface area contributed by atoms with Gasteiger partial charge in [0.15, 0.2) is 14.1 Å². The van der Waals surface area contributed by atoms with Crippen LogP contribution >= 0.6 is 0 Å². The molecule has 0 aromatic rings. The Morgan fingerprint density at radius 3 is 2.35 bits per heavy atom. The largest absolute Gasteiger partial charge is 0.462 e. The number of rotatable bonds is 4. The Hall–Kier alpha value is -0.943. The van der Waals surface area contributed by atoms with E-state index in [1.807, 2.05) is 6.92 Å². The molecule has 0 unspecified atom stereocenters. The summed E-state index contributed by atoms with van der Waals surface area (Å²) >= 11 is 0. The summed E-state index contributed by atoms with van der Waals surface area (Å²) in [6, 6.07) is 0.